The molecule has 0 spiro atoms. The number of rotatable bonds is 5. The smallest absolute Gasteiger partial charge is 0.251 e. The Labute approximate surface area is 93.1 Å². The van der Waals surface area contributed by atoms with E-state index in [-0.39, 0.29) is 10.8 Å². The predicted octanol–water partition coefficient (Wildman–Crippen LogP) is 0.245. The van der Waals surface area contributed by atoms with Gasteiger partial charge in [0.1, 0.15) is 0 Å². The minimum Gasteiger partial charge on any atom is -0.327 e. The Bertz CT molecular complexity index is 436. The lowest BCUT2D eigenvalue weighted by atomic mass is 10.5. The van der Waals surface area contributed by atoms with Gasteiger partial charge in [0.25, 0.3) is 10.0 Å². The Morgan fingerprint density at radius 3 is 2.87 bits per heavy atom. The molecule has 0 unspecified atom stereocenters. The number of hydrogen-bond donors (Lipinski definition) is 2. The number of nitrogens with zero attached hydrogens (tertiary/aromatic N) is 1. The topological polar surface area (TPSA) is 85.1 Å². The fourth-order valence-corrected chi connectivity index (χ4v) is 3.00. The van der Waals surface area contributed by atoms with Gasteiger partial charge in [-0.15, -0.1) is 11.3 Å². The zero-order valence-electron chi connectivity index (χ0n) is 8.30. The van der Waals surface area contributed by atoms with Gasteiger partial charge in [-0.2, -0.15) is 0 Å². The number of hydrogen-bond acceptors (Lipinski definition) is 5. The summed E-state index contributed by atoms with van der Waals surface area (Å²) < 4.78 is 25.9. The third-order valence-corrected chi connectivity index (χ3v) is 4.36. The Hall–Kier alpha value is -0.760. The molecule has 0 saturated heterocycles. The molecule has 0 aromatic carbocycles. The Balaban J connectivity index is 2.64. The van der Waals surface area contributed by atoms with Gasteiger partial charge in [0, 0.05) is 13.1 Å². The lowest BCUT2D eigenvalue weighted by Crippen LogP contribution is -2.23. The van der Waals surface area contributed by atoms with Crippen LogP contribution in [0.4, 0.5) is 0 Å². The maximum atomic E-state index is 11.6. The molecule has 0 aliphatic rings. The molecule has 7 heteroatoms. The molecule has 0 radical (unpaired) electrons. The van der Waals surface area contributed by atoms with Crippen LogP contribution in [0.5, 0.6) is 0 Å². The highest BCUT2D eigenvalue weighted by atomic mass is 32.2. The van der Waals surface area contributed by atoms with Gasteiger partial charge >= 0.3 is 0 Å². The predicted molar refractivity (Wildman–Crippen MR) is 60.2 cm³/mol. The number of aromatic nitrogens is 1. The van der Waals surface area contributed by atoms with Gasteiger partial charge < -0.3 is 5.73 Å². The number of nitrogens with two attached hydrogens (primary N) is 1. The van der Waals surface area contributed by atoms with Gasteiger partial charge in [-0.1, -0.05) is 12.2 Å². The summed E-state index contributed by atoms with van der Waals surface area (Å²) in [6.07, 6.45) is 4.72. The van der Waals surface area contributed by atoms with Crippen LogP contribution in [0.3, 0.4) is 0 Å². The lowest BCUT2D eigenvalue weighted by Gasteiger charge is -1.99. The number of sulfonamides is 1. The van der Waals surface area contributed by atoms with Crippen LogP contribution in [-0.4, -0.2) is 26.5 Å². The van der Waals surface area contributed by atoms with Crippen LogP contribution in [0.2, 0.25) is 0 Å². The van der Waals surface area contributed by atoms with Gasteiger partial charge in [-0.25, -0.2) is 18.1 Å². The van der Waals surface area contributed by atoms with E-state index in [1.54, 1.807) is 19.1 Å². The van der Waals surface area contributed by atoms with Crippen molar-refractivity contribution in [2.24, 2.45) is 5.73 Å². The third kappa shape index (κ3) is 3.71. The van der Waals surface area contributed by atoms with Crippen LogP contribution in [0.25, 0.3) is 0 Å². The molecule has 0 amide bonds. The molecule has 0 bridgehead atoms. The Morgan fingerprint density at radius 1 is 1.60 bits per heavy atom. The average molecular weight is 247 g/mol. The molecule has 1 aromatic rings. The SMILES string of the molecule is Cc1ncc(S(=O)(=O)NC/C=C/CN)s1. The highest BCUT2D eigenvalue weighted by Crippen LogP contribution is 2.16. The van der Waals surface area contributed by atoms with Gasteiger partial charge in [0.05, 0.1) is 11.2 Å². The zero-order chi connectivity index (χ0) is 11.3. The van der Waals surface area contributed by atoms with Crippen molar-refractivity contribution in [2.75, 3.05) is 13.1 Å². The van der Waals surface area contributed by atoms with Crippen LogP contribution in [0, 0.1) is 6.92 Å². The first-order valence-corrected chi connectivity index (χ1v) is 6.63. The fraction of sp³-hybridized carbons (Fsp3) is 0.375. The third-order valence-electron chi connectivity index (χ3n) is 1.56. The van der Waals surface area contributed by atoms with Crippen LogP contribution >= 0.6 is 11.3 Å². The molecule has 0 saturated carbocycles. The van der Waals surface area contributed by atoms with E-state index in [1.165, 1.54) is 6.20 Å². The molecular weight excluding hydrogens is 234 g/mol. The molecule has 5 nitrogen and oxygen atoms in total. The number of aryl methyl sites for hydroxylation is 1. The second kappa shape index (κ2) is 5.36. The van der Waals surface area contributed by atoms with Crippen LogP contribution < -0.4 is 10.5 Å². The largest absolute Gasteiger partial charge is 0.327 e. The normalized spacial score (nSPS) is 12.4. The molecule has 15 heavy (non-hydrogen) atoms. The maximum absolute atomic E-state index is 11.6. The fourth-order valence-electron chi connectivity index (χ4n) is 0.875. The van der Waals surface area contributed by atoms with Gasteiger partial charge in [-0.05, 0) is 6.92 Å². The van der Waals surface area contributed by atoms with E-state index < -0.39 is 10.0 Å². The van der Waals surface area contributed by atoms with Crippen LogP contribution in [0.1, 0.15) is 5.01 Å². The summed E-state index contributed by atoms with van der Waals surface area (Å²) in [5.41, 5.74) is 5.22. The molecule has 84 valence electrons. The first kappa shape index (κ1) is 12.3. The summed E-state index contributed by atoms with van der Waals surface area (Å²) in [6, 6.07) is 0. The van der Waals surface area contributed by atoms with Crippen molar-refractivity contribution in [1.29, 1.82) is 0 Å². The van der Waals surface area contributed by atoms with Crippen molar-refractivity contribution in [2.45, 2.75) is 11.1 Å². The molecule has 1 rings (SSSR count). The first-order chi connectivity index (χ1) is 7.06. The summed E-state index contributed by atoms with van der Waals surface area (Å²) >= 11 is 1.15. The summed E-state index contributed by atoms with van der Waals surface area (Å²) in [4.78, 5) is 3.89. The zero-order valence-corrected chi connectivity index (χ0v) is 9.94. The number of thiazole rings is 1. The minimum absolute atomic E-state index is 0.237. The molecule has 0 aliphatic heterocycles. The van der Waals surface area contributed by atoms with Gasteiger partial charge in [0.15, 0.2) is 4.21 Å². The van der Waals surface area contributed by atoms with Crippen molar-refractivity contribution in [1.82, 2.24) is 9.71 Å². The van der Waals surface area contributed by atoms with Gasteiger partial charge in [-0.3, -0.25) is 0 Å². The first-order valence-electron chi connectivity index (χ1n) is 4.33. The van der Waals surface area contributed by atoms with Gasteiger partial charge in [0.2, 0.25) is 0 Å². The molecule has 1 heterocycles. The standard InChI is InChI=1S/C8H13N3O2S2/c1-7-10-6-8(14-7)15(12,13)11-5-3-2-4-9/h2-3,6,11H,4-5,9H2,1H3/b3-2+. The van der Waals surface area contributed by atoms with E-state index in [4.69, 9.17) is 5.73 Å². The lowest BCUT2D eigenvalue weighted by molar-refractivity contribution is 0.587. The van der Waals surface area contributed by atoms with Crippen LogP contribution in [0.15, 0.2) is 22.6 Å². The summed E-state index contributed by atoms with van der Waals surface area (Å²) in [5, 5.41) is 0.730. The Kier molecular flexibility index (Phi) is 4.40. The van der Waals surface area contributed by atoms with Crippen molar-refractivity contribution in [3.8, 4) is 0 Å². The monoisotopic (exact) mass is 247 g/mol. The van der Waals surface area contributed by atoms with Crippen molar-refractivity contribution >= 4 is 21.4 Å². The van der Waals surface area contributed by atoms with E-state index in [2.05, 4.69) is 9.71 Å². The molecule has 3 N–H and O–H groups in total. The van der Waals surface area contributed by atoms with E-state index in [0.717, 1.165) is 16.3 Å². The summed E-state index contributed by atoms with van der Waals surface area (Å²) in [5.74, 6) is 0. The minimum atomic E-state index is -3.41. The van der Waals surface area contributed by atoms with E-state index in [1.807, 2.05) is 0 Å². The molecule has 0 atom stereocenters. The average Bonchev–Trinajstić information content (AvgIpc) is 2.60. The molecule has 0 fully saturated rings. The maximum Gasteiger partial charge on any atom is 0.251 e. The van der Waals surface area contributed by atoms with E-state index in [0.29, 0.717) is 6.54 Å². The molecular formula is C8H13N3O2S2. The van der Waals surface area contributed by atoms with Crippen molar-refractivity contribution in [3.05, 3.63) is 23.4 Å². The van der Waals surface area contributed by atoms with Crippen LogP contribution in [-0.2, 0) is 10.0 Å². The quantitative estimate of drug-likeness (QED) is 0.730. The number of nitrogens with one attached hydrogen (secondary N) is 1. The van der Waals surface area contributed by atoms with Crippen molar-refractivity contribution in [3.63, 3.8) is 0 Å². The Morgan fingerprint density at radius 2 is 2.33 bits per heavy atom. The summed E-state index contributed by atoms with van der Waals surface area (Å²) in [7, 11) is -3.41. The molecule has 1 aromatic heterocycles. The highest BCUT2D eigenvalue weighted by molar-refractivity contribution is 7.91. The highest BCUT2D eigenvalue weighted by Gasteiger charge is 2.15. The second-order valence-corrected chi connectivity index (χ2v) is 5.99. The summed E-state index contributed by atoms with van der Waals surface area (Å²) in [6.45, 7) is 2.41. The van der Waals surface area contributed by atoms with E-state index in [9.17, 15) is 8.42 Å². The van der Waals surface area contributed by atoms with E-state index >= 15 is 0 Å². The van der Waals surface area contributed by atoms with Crippen molar-refractivity contribution < 1.29 is 8.42 Å². The second-order valence-electron chi connectivity index (χ2n) is 2.76. The molecule has 0 aliphatic carbocycles.